The molecular weight excluding hydrogens is 214 g/mol. The first kappa shape index (κ1) is 16.4. The van der Waals surface area contributed by atoms with Crippen molar-refractivity contribution in [2.24, 2.45) is 5.73 Å². The maximum atomic E-state index is 11.6. The van der Waals surface area contributed by atoms with Gasteiger partial charge in [0.1, 0.15) is 5.54 Å². The molecular formula is C13H29N3O. The monoisotopic (exact) mass is 243 g/mol. The minimum absolute atomic E-state index is 0.248. The SMILES string of the molecule is CCCN(CCC)CC(C)(NC(C)C)C(N)=O. The van der Waals surface area contributed by atoms with Crippen molar-refractivity contribution in [1.82, 2.24) is 10.2 Å². The van der Waals surface area contributed by atoms with Crippen LogP contribution in [0.15, 0.2) is 0 Å². The molecule has 1 amide bonds. The molecule has 0 bridgehead atoms. The van der Waals surface area contributed by atoms with Crippen molar-refractivity contribution in [3.63, 3.8) is 0 Å². The molecule has 0 aliphatic carbocycles. The highest BCUT2D eigenvalue weighted by Crippen LogP contribution is 2.09. The molecule has 0 aromatic rings. The standard InChI is InChI=1S/C13H29N3O/c1-6-8-16(9-7-2)10-13(5,12(14)17)15-11(3)4/h11,15H,6-10H2,1-5H3,(H2,14,17). The van der Waals surface area contributed by atoms with Crippen LogP contribution >= 0.6 is 0 Å². The van der Waals surface area contributed by atoms with Gasteiger partial charge in [-0.3, -0.25) is 4.79 Å². The molecule has 0 radical (unpaired) electrons. The summed E-state index contributed by atoms with van der Waals surface area (Å²) in [6.45, 7) is 13.0. The number of rotatable bonds is 9. The van der Waals surface area contributed by atoms with Gasteiger partial charge >= 0.3 is 0 Å². The van der Waals surface area contributed by atoms with Crippen LogP contribution in [0.3, 0.4) is 0 Å². The van der Waals surface area contributed by atoms with Gasteiger partial charge in [-0.1, -0.05) is 13.8 Å². The van der Waals surface area contributed by atoms with Gasteiger partial charge in [-0.2, -0.15) is 0 Å². The van der Waals surface area contributed by atoms with Crippen LogP contribution in [0.25, 0.3) is 0 Å². The highest BCUT2D eigenvalue weighted by atomic mass is 16.1. The van der Waals surface area contributed by atoms with Crippen molar-refractivity contribution in [2.45, 2.75) is 59.0 Å². The van der Waals surface area contributed by atoms with Crippen LogP contribution < -0.4 is 11.1 Å². The molecule has 3 N–H and O–H groups in total. The highest BCUT2D eigenvalue weighted by molar-refractivity contribution is 5.84. The molecule has 0 fully saturated rings. The van der Waals surface area contributed by atoms with E-state index in [1.807, 2.05) is 20.8 Å². The van der Waals surface area contributed by atoms with E-state index in [-0.39, 0.29) is 11.9 Å². The molecule has 0 heterocycles. The van der Waals surface area contributed by atoms with Crippen LogP contribution in [0.5, 0.6) is 0 Å². The number of primary amides is 1. The molecule has 0 rings (SSSR count). The number of carbonyl (C=O) groups is 1. The molecule has 1 atom stereocenters. The van der Waals surface area contributed by atoms with E-state index in [4.69, 9.17) is 5.73 Å². The Morgan fingerprint density at radius 2 is 1.76 bits per heavy atom. The molecule has 102 valence electrons. The van der Waals surface area contributed by atoms with Crippen molar-refractivity contribution in [1.29, 1.82) is 0 Å². The number of hydrogen-bond acceptors (Lipinski definition) is 3. The lowest BCUT2D eigenvalue weighted by molar-refractivity contribution is -0.124. The van der Waals surface area contributed by atoms with Crippen LogP contribution in [0.1, 0.15) is 47.5 Å². The van der Waals surface area contributed by atoms with Crippen LogP contribution in [-0.4, -0.2) is 42.0 Å². The van der Waals surface area contributed by atoms with Gasteiger partial charge in [0.2, 0.25) is 5.91 Å². The Hall–Kier alpha value is -0.610. The van der Waals surface area contributed by atoms with Crippen LogP contribution in [0, 0.1) is 0 Å². The minimum Gasteiger partial charge on any atom is -0.368 e. The van der Waals surface area contributed by atoms with Crippen LogP contribution in [-0.2, 0) is 4.79 Å². The second-order valence-electron chi connectivity index (χ2n) is 5.27. The first-order valence-electron chi connectivity index (χ1n) is 6.65. The van der Waals surface area contributed by atoms with Crippen LogP contribution in [0.4, 0.5) is 0 Å². The van der Waals surface area contributed by atoms with Gasteiger partial charge in [0.05, 0.1) is 0 Å². The van der Waals surface area contributed by atoms with Gasteiger partial charge in [-0.15, -0.1) is 0 Å². The average Bonchev–Trinajstić information content (AvgIpc) is 2.16. The first-order valence-corrected chi connectivity index (χ1v) is 6.65. The third kappa shape index (κ3) is 6.03. The summed E-state index contributed by atoms with van der Waals surface area (Å²) in [6.07, 6.45) is 2.19. The lowest BCUT2D eigenvalue weighted by atomic mass is 9.99. The number of amides is 1. The fraction of sp³-hybridized carbons (Fsp3) is 0.923. The number of nitrogens with zero attached hydrogens (tertiary/aromatic N) is 1. The van der Waals surface area contributed by atoms with Crippen molar-refractivity contribution < 1.29 is 4.79 Å². The zero-order chi connectivity index (χ0) is 13.5. The Bertz CT molecular complexity index is 225. The van der Waals surface area contributed by atoms with Gasteiger partial charge in [-0.25, -0.2) is 0 Å². The topological polar surface area (TPSA) is 58.4 Å². The first-order chi connectivity index (χ1) is 7.85. The molecule has 0 aromatic heterocycles. The van der Waals surface area contributed by atoms with E-state index in [1.165, 1.54) is 0 Å². The predicted molar refractivity (Wildman–Crippen MR) is 72.9 cm³/mol. The summed E-state index contributed by atoms with van der Waals surface area (Å²) < 4.78 is 0. The Labute approximate surface area is 106 Å². The Morgan fingerprint density at radius 3 is 2.06 bits per heavy atom. The fourth-order valence-electron chi connectivity index (χ4n) is 2.18. The maximum Gasteiger partial charge on any atom is 0.238 e. The number of carbonyl (C=O) groups excluding carboxylic acids is 1. The molecule has 0 aliphatic heterocycles. The molecule has 4 heteroatoms. The van der Waals surface area contributed by atoms with E-state index in [0.29, 0.717) is 6.54 Å². The smallest absolute Gasteiger partial charge is 0.238 e. The lowest BCUT2D eigenvalue weighted by Gasteiger charge is -2.35. The van der Waals surface area contributed by atoms with Gasteiger partial charge in [-0.05, 0) is 46.7 Å². The Kier molecular flexibility index (Phi) is 7.39. The summed E-state index contributed by atoms with van der Waals surface area (Å²) in [4.78, 5) is 13.9. The summed E-state index contributed by atoms with van der Waals surface area (Å²) >= 11 is 0. The molecule has 0 aromatic carbocycles. The minimum atomic E-state index is -0.640. The highest BCUT2D eigenvalue weighted by Gasteiger charge is 2.33. The molecule has 1 unspecified atom stereocenters. The Morgan fingerprint density at radius 1 is 1.29 bits per heavy atom. The van der Waals surface area contributed by atoms with E-state index in [0.717, 1.165) is 25.9 Å². The largest absolute Gasteiger partial charge is 0.368 e. The molecule has 0 saturated carbocycles. The predicted octanol–water partition coefficient (Wildman–Crippen LogP) is 1.35. The van der Waals surface area contributed by atoms with Gasteiger partial charge < -0.3 is 16.0 Å². The summed E-state index contributed by atoms with van der Waals surface area (Å²) in [5.74, 6) is -0.275. The fourth-order valence-corrected chi connectivity index (χ4v) is 2.18. The average molecular weight is 243 g/mol. The van der Waals surface area contributed by atoms with Gasteiger partial charge in [0, 0.05) is 12.6 Å². The number of nitrogens with one attached hydrogen (secondary N) is 1. The van der Waals surface area contributed by atoms with E-state index in [9.17, 15) is 4.79 Å². The second-order valence-corrected chi connectivity index (χ2v) is 5.27. The number of hydrogen-bond donors (Lipinski definition) is 2. The van der Waals surface area contributed by atoms with Gasteiger partial charge in [0.15, 0.2) is 0 Å². The molecule has 17 heavy (non-hydrogen) atoms. The zero-order valence-electron chi connectivity index (χ0n) is 12.0. The molecule has 0 saturated heterocycles. The van der Waals surface area contributed by atoms with E-state index < -0.39 is 5.54 Å². The summed E-state index contributed by atoms with van der Waals surface area (Å²) in [5.41, 5.74) is 4.89. The van der Waals surface area contributed by atoms with E-state index in [2.05, 4.69) is 24.1 Å². The second kappa shape index (κ2) is 7.67. The van der Waals surface area contributed by atoms with Gasteiger partial charge in [0.25, 0.3) is 0 Å². The summed E-state index contributed by atoms with van der Waals surface area (Å²) in [7, 11) is 0. The Balaban J connectivity index is 4.63. The molecule has 4 nitrogen and oxygen atoms in total. The van der Waals surface area contributed by atoms with Crippen molar-refractivity contribution in [3.05, 3.63) is 0 Å². The van der Waals surface area contributed by atoms with Crippen molar-refractivity contribution in [3.8, 4) is 0 Å². The van der Waals surface area contributed by atoms with Crippen molar-refractivity contribution >= 4 is 5.91 Å². The van der Waals surface area contributed by atoms with E-state index in [1.54, 1.807) is 0 Å². The van der Waals surface area contributed by atoms with Crippen molar-refractivity contribution in [2.75, 3.05) is 19.6 Å². The quantitative estimate of drug-likeness (QED) is 0.643. The zero-order valence-corrected chi connectivity index (χ0v) is 12.0. The summed E-state index contributed by atoms with van der Waals surface area (Å²) in [6, 6.07) is 0.248. The maximum absolute atomic E-state index is 11.6. The third-order valence-electron chi connectivity index (χ3n) is 2.77. The number of nitrogens with two attached hydrogens (primary N) is 1. The lowest BCUT2D eigenvalue weighted by Crippen LogP contribution is -2.61. The third-order valence-corrected chi connectivity index (χ3v) is 2.77. The summed E-state index contributed by atoms with van der Waals surface area (Å²) in [5, 5.41) is 3.29. The normalized spacial score (nSPS) is 15.2. The molecule has 0 aliphatic rings. The van der Waals surface area contributed by atoms with E-state index >= 15 is 0 Å². The molecule has 0 spiro atoms. The van der Waals surface area contributed by atoms with Crippen LogP contribution in [0.2, 0.25) is 0 Å².